The van der Waals surface area contributed by atoms with Crippen molar-refractivity contribution in [2.45, 2.75) is 45.8 Å². The van der Waals surface area contributed by atoms with E-state index in [1.165, 1.54) is 0 Å². The molecule has 2 aromatic rings. The first kappa shape index (κ1) is 18.5. The molecule has 0 saturated carbocycles. The van der Waals surface area contributed by atoms with E-state index < -0.39 is 0 Å². The number of fused-ring (bicyclic) bond motifs is 1. The molecule has 1 fully saturated rings. The molecule has 3 heterocycles. The van der Waals surface area contributed by atoms with Gasteiger partial charge in [0.25, 0.3) is 5.91 Å². The van der Waals surface area contributed by atoms with Crippen LogP contribution in [-0.4, -0.2) is 56.6 Å². The second kappa shape index (κ2) is 7.26. The lowest BCUT2D eigenvalue weighted by molar-refractivity contribution is -0.130. The summed E-state index contributed by atoms with van der Waals surface area (Å²) in [4.78, 5) is 28.6. The van der Waals surface area contributed by atoms with Crippen LogP contribution in [0.3, 0.4) is 0 Å². The Bertz CT molecular complexity index is 923. The van der Waals surface area contributed by atoms with E-state index in [0.29, 0.717) is 37.5 Å². The van der Waals surface area contributed by atoms with E-state index in [1.807, 2.05) is 30.0 Å². The Labute approximate surface area is 164 Å². The molecule has 1 aromatic carbocycles. The van der Waals surface area contributed by atoms with Crippen LogP contribution in [0.2, 0.25) is 0 Å². The quantitative estimate of drug-likeness (QED) is 0.809. The van der Waals surface area contributed by atoms with Crippen molar-refractivity contribution in [3.05, 3.63) is 41.0 Å². The zero-order chi connectivity index (χ0) is 19.8. The van der Waals surface area contributed by atoms with Crippen LogP contribution in [0.25, 0.3) is 0 Å². The first-order valence-electron chi connectivity index (χ1n) is 9.63. The summed E-state index contributed by atoms with van der Waals surface area (Å²) < 4.78 is 7.56. The van der Waals surface area contributed by atoms with Crippen molar-refractivity contribution in [1.29, 1.82) is 0 Å². The monoisotopic (exact) mass is 383 g/mol. The molecule has 2 aliphatic heterocycles. The molecule has 4 rings (SSSR count). The van der Waals surface area contributed by atoms with E-state index in [2.05, 4.69) is 14.8 Å². The van der Waals surface area contributed by atoms with E-state index in [-0.39, 0.29) is 17.9 Å². The second-order valence-corrected chi connectivity index (χ2v) is 7.38. The normalized spacial score (nSPS) is 18.9. The maximum absolute atomic E-state index is 13.3. The van der Waals surface area contributed by atoms with Gasteiger partial charge in [0.15, 0.2) is 11.6 Å². The Morgan fingerprint density at radius 1 is 1.18 bits per heavy atom. The lowest BCUT2D eigenvalue weighted by atomic mass is 10.1. The Morgan fingerprint density at radius 2 is 2.00 bits per heavy atom. The molecule has 0 spiro atoms. The highest BCUT2D eigenvalue weighted by molar-refractivity contribution is 5.97. The summed E-state index contributed by atoms with van der Waals surface area (Å²) in [5.74, 6) is 2.22. The van der Waals surface area contributed by atoms with Crippen LogP contribution in [0.4, 0.5) is 0 Å². The van der Waals surface area contributed by atoms with Gasteiger partial charge in [0.1, 0.15) is 5.75 Å². The zero-order valence-corrected chi connectivity index (χ0v) is 16.5. The van der Waals surface area contributed by atoms with Crippen LogP contribution in [-0.2, 0) is 17.9 Å². The standard InChI is InChI=1S/C20H25N5O3/c1-13-6-4-7-15(18(13)28-3)20(27)24-9-5-8-16(24)19-22-21-17-12-23(14(2)26)10-11-25(17)19/h4,6-7,16H,5,8-12H2,1-3H3/t16-/m1/s1. The van der Waals surface area contributed by atoms with Gasteiger partial charge in [0.05, 0.1) is 25.3 Å². The molecule has 0 unspecified atom stereocenters. The number of likely N-dealkylation sites (tertiary alicyclic amines) is 1. The topological polar surface area (TPSA) is 80.6 Å². The van der Waals surface area contributed by atoms with E-state index in [1.54, 1.807) is 18.9 Å². The van der Waals surface area contributed by atoms with Gasteiger partial charge in [-0.3, -0.25) is 9.59 Å². The van der Waals surface area contributed by atoms with Gasteiger partial charge in [-0.15, -0.1) is 10.2 Å². The number of hydrogen-bond acceptors (Lipinski definition) is 5. The molecule has 1 saturated heterocycles. The molecule has 0 radical (unpaired) electrons. The van der Waals surface area contributed by atoms with Crippen LogP contribution in [0.15, 0.2) is 18.2 Å². The predicted octanol–water partition coefficient (Wildman–Crippen LogP) is 1.93. The molecule has 1 aromatic heterocycles. The molecular formula is C20H25N5O3. The minimum atomic E-state index is -0.108. The van der Waals surface area contributed by atoms with Crippen molar-refractivity contribution in [2.24, 2.45) is 0 Å². The van der Waals surface area contributed by atoms with Gasteiger partial charge in [-0.05, 0) is 31.4 Å². The van der Waals surface area contributed by atoms with Crippen LogP contribution in [0, 0.1) is 6.92 Å². The average molecular weight is 383 g/mol. The molecule has 1 atom stereocenters. The number of rotatable bonds is 3. The number of aryl methyl sites for hydroxylation is 1. The molecule has 0 aliphatic carbocycles. The van der Waals surface area contributed by atoms with Gasteiger partial charge < -0.3 is 19.1 Å². The zero-order valence-electron chi connectivity index (χ0n) is 16.5. The van der Waals surface area contributed by atoms with Crippen LogP contribution in [0.5, 0.6) is 5.75 Å². The lowest BCUT2D eigenvalue weighted by Crippen LogP contribution is -2.38. The van der Waals surface area contributed by atoms with Gasteiger partial charge in [-0.2, -0.15) is 0 Å². The summed E-state index contributed by atoms with van der Waals surface area (Å²) in [5.41, 5.74) is 1.52. The van der Waals surface area contributed by atoms with Crippen molar-refractivity contribution in [1.82, 2.24) is 24.6 Å². The summed E-state index contributed by atoms with van der Waals surface area (Å²) in [5, 5.41) is 8.71. The minimum Gasteiger partial charge on any atom is -0.496 e. The molecule has 0 bridgehead atoms. The number of benzene rings is 1. The molecule has 2 aliphatic rings. The van der Waals surface area contributed by atoms with Crippen molar-refractivity contribution >= 4 is 11.8 Å². The summed E-state index contributed by atoms with van der Waals surface area (Å²) in [6.07, 6.45) is 1.78. The molecule has 8 heteroatoms. The van der Waals surface area contributed by atoms with Crippen LogP contribution >= 0.6 is 0 Å². The maximum Gasteiger partial charge on any atom is 0.258 e. The molecule has 0 N–H and O–H groups in total. The third-order valence-corrected chi connectivity index (χ3v) is 5.69. The largest absolute Gasteiger partial charge is 0.496 e. The van der Waals surface area contributed by atoms with Gasteiger partial charge in [0.2, 0.25) is 5.91 Å². The number of amides is 2. The molecule has 148 valence electrons. The third kappa shape index (κ3) is 3.02. The van der Waals surface area contributed by atoms with Crippen LogP contribution in [0.1, 0.15) is 53.4 Å². The number of methoxy groups -OCH3 is 1. The maximum atomic E-state index is 13.3. The number of ether oxygens (including phenoxy) is 1. The van der Waals surface area contributed by atoms with Gasteiger partial charge in [0, 0.05) is 26.6 Å². The lowest BCUT2D eigenvalue weighted by Gasteiger charge is -2.29. The van der Waals surface area contributed by atoms with E-state index in [9.17, 15) is 9.59 Å². The number of carbonyl (C=O) groups is 2. The minimum absolute atomic E-state index is 0.0402. The fraction of sp³-hybridized carbons (Fsp3) is 0.500. The highest BCUT2D eigenvalue weighted by Gasteiger charge is 2.36. The second-order valence-electron chi connectivity index (χ2n) is 7.38. The van der Waals surface area contributed by atoms with E-state index >= 15 is 0 Å². The molecular weight excluding hydrogens is 358 g/mol. The smallest absolute Gasteiger partial charge is 0.258 e. The summed E-state index contributed by atoms with van der Waals surface area (Å²) in [7, 11) is 1.59. The first-order valence-corrected chi connectivity index (χ1v) is 9.63. The third-order valence-electron chi connectivity index (χ3n) is 5.69. The van der Waals surface area contributed by atoms with Crippen molar-refractivity contribution in [3.63, 3.8) is 0 Å². The highest BCUT2D eigenvalue weighted by atomic mass is 16.5. The highest BCUT2D eigenvalue weighted by Crippen LogP contribution is 2.35. The fourth-order valence-corrected chi connectivity index (χ4v) is 4.22. The Kier molecular flexibility index (Phi) is 4.78. The number of nitrogens with zero attached hydrogens (tertiary/aromatic N) is 5. The van der Waals surface area contributed by atoms with E-state index in [4.69, 9.17) is 4.74 Å². The number of para-hydroxylation sites is 1. The van der Waals surface area contributed by atoms with Crippen molar-refractivity contribution in [2.75, 3.05) is 20.2 Å². The van der Waals surface area contributed by atoms with Crippen molar-refractivity contribution in [3.8, 4) is 5.75 Å². The Hall–Kier alpha value is -2.90. The van der Waals surface area contributed by atoms with Gasteiger partial charge in [-0.25, -0.2) is 0 Å². The van der Waals surface area contributed by atoms with Crippen LogP contribution < -0.4 is 4.74 Å². The molecule has 2 amide bonds. The van der Waals surface area contributed by atoms with E-state index in [0.717, 1.165) is 30.1 Å². The predicted molar refractivity (Wildman–Crippen MR) is 102 cm³/mol. The molecule has 8 nitrogen and oxygen atoms in total. The van der Waals surface area contributed by atoms with Crippen molar-refractivity contribution < 1.29 is 14.3 Å². The summed E-state index contributed by atoms with van der Waals surface area (Å²) in [6, 6.07) is 5.52. The fourth-order valence-electron chi connectivity index (χ4n) is 4.22. The molecule has 28 heavy (non-hydrogen) atoms. The number of hydrogen-bond donors (Lipinski definition) is 0. The summed E-state index contributed by atoms with van der Waals surface area (Å²) in [6.45, 7) is 5.95. The SMILES string of the molecule is COc1c(C)cccc1C(=O)N1CCC[C@@H]1c1nnc2n1CCN(C(C)=O)C2. The average Bonchev–Trinajstić information content (AvgIpc) is 3.33. The van der Waals surface area contributed by atoms with Gasteiger partial charge >= 0.3 is 0 Å². The van der Waals surface area contributed by atoms with Gasteiger partial charge in [-0.1, -0.05) is 12.1 Å². The Morgan fingerprint density at radius 3 is 2.75 bits per heavy atom. The number of carbonyl (C=O) groups excluding carboxylic acids is 2. The Balaban J connectivity index is 1.63. The first-order chi connectivity index (χ1) is 13.5. The number of aromatic nitrogens is 3. The summed E-state index contributed by atoms with van der Waals surface area (Å²) >= 11 is 0.